The molecule has 0 unspecified atom stereocenters. The van der Waals surface area contributed by atoms with Crippen LogP contribution in [-0.2, 0) is 0 Å². The minimum Gasteiger partial charge on any atom is -0.384 e. The Morgan fingerprint density at radius 3 is 2.73 bits per heavy atom. The van der Waals surface area contributed by atoms with E-state index >= 15 is 0 Å². The molecule has 0 aliphatic heterocycles. The summed E-state index contributed by atoms with van der Waals surface area (Å²) < 4.78 is 3.60. The Morgan fingerprint density at radius 2 is 2.00 bits per heavy atom. The van der Waals surface area contributed by atoms with Gasteiger partial charge in [0.2, 0.25) is 0 Å². The minimum atomic E-state index is 0.275. The highest BCUT2D eigenvalue weighted by Gasteiger charge is 2.18. The first-order chi connectivity index (χ1) is 12.5. The molecule has 26 heavy (non-hydrogen) atoms. The van der Waals surface area contributed by atoms with E-state index in [1.54, 1.807) is 23.7 Å². The van der Waals surface area contributed by atoms with Crippen LogP contribution in [0.3, 0.4) is 0 Å². The quantitative estimate of drug-likeness (QED) is 0.582. The molecule has 0 saturated heterocycles. The summed E-state index contributed by atoms with van der Waals surface area (Å²) >= 11 is 0. The Kier molecular flexibility index (Phi) is 3.76. The molecule has 4 aromatic rings. The molecule has 0 bridgehead atoms. The van der Waals surface area contributed by atoms with E-state index in [2.05, 4.69) is 44.3 Å². The Balaban J connectivity index is 1.86. The maximum absolute atomic E-state index is 5.91. The molecule has 0 amide bonds. The van der Waals surface area contributed by atoms with Gasteiger partial charge in [0.05, 0.1) is 5.69 Å². The van der Waals surface area contributed by atoms with Crippen molar-refractivity contribution >= 4 is 23.1 Å². The third-order valence-corrected chi connectivity index (χ3v) is 3.88. The number of anilines is 3. The zero-order valence-corrected chi connectivity index (χ0v) is 14.7. The predicted octanol–water partition coefficient (Wildman–Crippen LogP) is 2.60. The number of nitrogens with one attached hydrogen (secondary N) is 1. The van der Waals surface area contributed by atoms with Crippen LogP contribution in [0.5, 0.6) is 0 Å². The monoisotopic (exact) mass is 349 g/mol. The number of nitrogens with zero attached hydrogens (tertiary/aromatic N) is 7. The van der Waals surface area contributed by atoms with E-state index in [1.807, 2.05) is 29.1 Å². The van der Waals surface area contributed by atoms with E-state index in [1.165, 1.54) is 0 Å². The Labute approximate surface area is 149 Å². The molecule has 0 spiro atoms. The minimum absolute atomic E-state index is 0.275. The smallest absolute Gasteiger partial charge is 0.162 e. The normalized spacial score (nSPS) is 11.4. The van der Waals surface area contributed by atoms with Crippen molar-refractivity contribution in [1.82, 2.24) is 34.3 Å². The molecule has 0 radical (unpaired) electrons. The summed E-state index contributed by atoms with van der Waals surface area (Å²) in [5.41, 5.74) is 7.96. The Bertz CT molecular complexity index is 1060. The van der Waals surface area contributed by atoms with Gasteiger partial charge in [-0.1, -0.05) is 0 Å². The SMILES string of the molecule is Cc1nc(N)cc(-c2c(Nc3ccn(C(C)C)n3)nc3cccnn23)n1. The molecule has 0 saturated carbocycles. The summed E-state index contributed by atoms with van der Waals surface area (Å²) in [6.45, 7) is 5.95. The van der Waals surface area contributed by atoms with Crippen LogP contribution in [0.25, 0.3) is 17.0 Å². The van der Waals surface area contributed by atoms with Gasteiger partial charge in [0.1, 0.15) is 17.3 Å². The first kappa shape index (κ1) is 16.0. The highest BCUT2D eigenvalue weighted by atomic mass is 15.3. The van der Waals surface area contributed by atoms with Crippen molar-refractivity contribution in [2.24, 2.45) is 0 Å². The number of rotatable bonds is 4. The Hall–Kier alpha value is -3.49. The number of imidazole rings is 1. The van der Waals surface area contributed by atoms with Crippen LogP contribution in [0, 0.1) is 6.92 Å². The molecule has 4 aromatic heterocycles. The van der Waals surface area contributed by atoms with Gasteiger partial charge in [-0.15, -0.1) is 0 Å². The number of aromatic nitrogens is 7. The van der Waals surface area contributed by atoms with Gasteiger partial charge >= 0.3 is 0 Å². The molecule has 0 aromatic carbocycles. The van der Waals surface area contributed by atoms with Gasteiger partial charge in [0, 0.05) is 30.6 Å². The molecule has 0 aliphatic carbocycles. The van der Waals surface area contributed by atoms with Crippen LogP contribution in [0.2, 0.25) is 0 Å². The fourth-order valence-electron chi connectivity index (χ4n) is 2.73. The second-order valence-electron chi connectivity index (χ2n) is 6.23. The maximum atomic E-state index is 5.91. The number of fused-ring (bicyclic) bond motifs is 1. The standard InChI is InChI=1S/C17H19N9/c1-10(2)25-8-6-14(24-25)22-17-16(12-9-13(18)21-11(3)20-12)26-15(23-17)5-4-7-19-26/h4-10H,1-3H3,(H,22,24)(H2,18,20,21). The van der Waals surface area contributed by atoms with Crippen LogP contribution in [0.4, 0.5) is 17.5 Å². The van der Waals surface area contributed by atoms with Gasteiger partial charge in [-0.3, -0.25) is 4.68 Å². The Morgan fingerprint density at radius 1 is 1.15 bits per heavy atom. The van der Waals surface area contributed by atoms with Gasteiger partial charge in [-0.2, -0.15) is 10.2 Å². The average Bonchev–Trinajstić information content (AvgIpc) is 3.18. The lowest BCUT2D eigenvalue weighted by molar-refractivity contribution is 0.534. The van der Waals surface area contributed by atoms with E-state index < -0.39 is 0 Å². The van der Waals surface area contributed by atoms with Crippen molar-refractivity contribution in [2.75, 3.05) is 11.1 Å². The largest absolute Gasteiger partial charge is 0.384 e. The number of nitrogen functional groups attached to an aromatic ring is 1. The third kappa shape index (κ3) is 2.83. The number of nitrogens with two attached hydrogens (primary N) is 1. The van der Waals surface area contributed by atoms with Crippen molar-refractivity contribution in [2.45, 2.75) is 26.8 Å². The lowest BCUT2D eigenvalue weighted by atomic mass is 10.3. The van der Waals surface area contributed by atoms with Crippen molar-refractivity contribution in [3.05, 3.63) is 42.5 Å². The van der Waals surface area contributed by atoms with Gasteiger partial charge in [0.25, 0.3) is 0 Å². The fourth-order valence-corrected chi connectivity index (χ4v) is 2.73. The topological polar surface area (TPSA) is 112 Å². The molecule has 4 rings (SSSR count). The second-order valence-corrected chi connectivity index (χ2v) is 6.23. The maximum Gasteiger partial charge on any atom is 0.162 e. The summed E-state index contributed by atoms with van der Waals surface area (Å²) in [5, 5.41) is 12.2. The molecule has 0 fully saturated rings. The lowest BCUT2D eigenvalue weighted by Gasteiger charge is -2.07. The van der Waals surface area contributed by atoms with Crippen molar-refractivity contribution in [3.8, 4) is 11.4 Å². The fraction of sp³-hybridized carbons (Fsp3) is 0.235. The molecule has 0 atom stereocenters. The molecule has 4 heterocycles. The van der Waals surface area contributed by atoms with E-state index in [9.17, 15) is 0 Å². The summed E-state index contributed by atoms with van der Waals surface area (Å²) in [6, 6.07) is 7.61. The summed E-state index contributed by atoms with van der Waals surface area (Å²) in [7, 11) is 0. The van der Waals surface area contributed by atoms with Gasteiger partial charge in [-0.05, 0) is 32.9 Å². The van der Waals surface area contributed by atoms with E-state index in [0.29, 0.717) is 40.3 Å². The molecule has 3 N–H and O–H groups in total. The second kappa shape index (κ2) is 6.10. The van der Waals surface area contributed by atoms with Gasteiger partial charge < -0.3 is 11.1 Å². The molecular weight excluding hydrogens is 330 g/mol. The predicted molar refractivity (Wildman–Crippen MR) is 99.1 cm³/mol. The highest BCUT2D eigenvalue weighted by Crippen LogP contribution is 2.29. The first-order valence-electron chi connectivity index (χ1n) is 8.29. The summed E-state index contributed by atoms with van der Waals surface area (Å²) in [5.74, 6) is 2.28. The first-order valence-corrected chi connectivity index (χ1v) is 8.29. The molecule has 9 nitrogen and oxygen atoms in total. The third-order valence-electron chi connectivity index (χ3n) is 3.88. The number of hydrogen-bond donors (Lipinski definition) is 2. The zero-order chi connectivity index (χ0) is 18.3. The lowest BCUT2D eigenvalue weighted by Crippen LogP contribution is -2.03. The molecule has 0 aliphatic rings. The summed E-state index contributed by atoms with van der Waals surface area (Å²) in [4.78, 5) is 13.3. The van der Waals surface area contributed by atoms with Crippen LogP contribution >= 0.6 is 0 Å². The average molecular weight is 349 g/mol. The zero-order valence-electron chi connectivity index (χ0n) is 14.7. The highest BCUT2D eigenvalue weighted by molar-refractivity contribution is 5.77. The van der Waals surface area contributed by atoms with Crippen LogP contribution in [-0.4, -0.2) is 34.3 Å². The van der Waals surface area contributed by atoms with Crippen molar-refractivity contribution < 1.29 is 0 Å². The number of hydrogen-bond acceptors (Lipinski definition) is 7. The molecule has 132 valence electrons. The van der Waals surface area contributed by atoms with Gasteiger partial charge in [0.15, 0.2) is 17.3 Å². The molecular formula is C17H19N9. The van der Waals surface area contributed by atoms with E-state index in [0.717, 1.165) is 0 Å². The van der Waals surface area contributed by atoms with Crippen LogP contribution in [0.1, 0.15) is 25.7 Å². The van der Waals surface area contributed by atoms with E-state index in [4.69, 9.17) is 5.73 Å². The summed E-state index contributed by atoms with van der Waals surface area (Å²) in [6.07, 6.45) is 3.63. The van der Waals surface area contributed by atoms with Crippen molar-refractivity contribution in [3.63, 3.8) is 0 Å². The van der Waals surface area contributed by atoms with Crippen LogP contribution < -0.4 is 11.1 Å². The molecule has 9 heteroatoms. The van der Waals surface area contributed by atoms with Crippen molar-refractivity contribution in [1.29, 1.82) is 0 Å². The van der Waals surface area contributed by atoms with Gasteiger partial charge in [-0.25, -0.2) is 19.5 Å². The van der Waals surface area contributed by atoms with E-state index in [-0.39, 0.29) is 6.04 Å². The van der Waals surface area contributed by atoms with Crippen LogP contribution in [0.15, 0.2) is 36.7 Å². The number of aryl methyl sites for hydroxylation is 1.